The van der Waals surface area contributed by atoms with Gasteiger partial charge >= 0.3 is 0 Å². The van der Waals surface area contributed by atoms with Crippen molar-refractivity contribution in [3.8, 4) is 0 Å². The zero-order chi connectivity index (χ0) is 16.4. The van der Waals surface area contributed by atoms with E-state index in [9.17, 15) is 9.18 Å². The maximum absolute atomic E-state index is 13.3. The Morgan fingerprint density at radius 2 is 1.91 bits per heavy atom. The summed E-state index contributed by atoms with van der Waals surface area (Å²) in [4.78, 5) is 15.9. The summed E-state index contributed by atoms with van der Waals surface area (Å²) in [5.74, 6) is 1.49. The van der Waals surface area contributed by atoms with Crippen molar-refractivity contribution in [1.29, 1.82) is 0 Å². The van der Waals surface area contributed by atoms with E-state index < -0.39 is 0 Å². The molecule has 3 rings (SSSR count). The number of hydrogen-bond donors (Lipinski definition) is 0. The predicted molar refractivity (Wildman–Crippen MR) is 92.5 cm³/mol. The van der Waals surface area contributed by atoms with Crippen molar-refractivity contribution in [2.24, 2.45) is 11.8 Å². The van der Waals surface area contributed by atoms with E-state index in [-0.39, 0.29) is 11.7 Å². The molecule has 5 heteroatoms. The summed E-state index contributed by atoms with van der Waals surface area (Å²) in [6.45, 7) is 6.63. The van der Waals surface area contributed by atoms with E-state index in [0.717, 1.165) is 63.0 Å². The highest BCUT2D eigenvalue weighted by Crippen LogP contribution is 2.32. The molecular weight excluding hydrogens is 359 g/mol. The maximum atomic E-state index is 13.3. The fourth-order valence-electron chi connectivity index (χ4n) is 3.97. The SMILES string of the molecule is CC(=O)N1CCC(C2CCN(Cc3ccc(F)c(Br)c3)C2)CC1. The molecular formula is C18H24BrFN2O. The normalized spacial score (nSPS) is 23.4. The highest BCUT2D eigenvalue weighted by Gasteiger charge is 2.32. The van der Waals surface area contributed by atoms with Crippen molar-refractivity contribution in [3.63, 3.8) is 0 Å². The first-order chi connectivity index (χ1) is 11.0. The number of benzene rings is 1. The van der Waals surface area contributed by atoms with Gasteiger partial charge in [0.25, 0.3) is 0 Å². The standard InChI is InChI=1S/C18H24BrFN2O/c1-13(23)22-8-5-15(6-9-22)16-4-7-21(12-16)11-14-2-3-18(20)17(19)10-14/h2-3,10,15-16H,4-9,11-12H2,1H3. The number of rotatable bonds is 3. The summed E-state index contributed by atoms with van der Waals surface area (Å²) in [7, 11) is 0. The van der Waals surface area contributed by atoms with Gasteiger partial charge in [-0.1, -0.05) is 6.07 Å². The van der Waals surface area contributed by atoms with E-state index >= 15 is 0 Å². The first-order valence-corrected chi connectivity index (χ1v) is 9.24. The molecule has 1 aromatic carbocycles. The van der Waals surface area contributed by atoms with E-state index in [1.54, 1.807) is 6.92 Å². The van der Waals surface area contributed by atoms with E-state index in [2.05, 4.69) is 20.8 Å². The van der Waals surface area contributed by atoms with Crippen LogP contribution in [0.15, 0.2) is 22.7 Å². The van der Waals surface area contributed by atoms with Gasteiger partial charge in [-0.05, 0) is 71.3 Å². The average molecular weight is 383 g/mol. The summed E-state index contributed by atoms with van der Waals surface area (Å²) >= 11 is 3.26. The number of hydrogen-bond acceptors (Lipinski definition) is 2. The smallest absolute Gasteiger partial charge is 0.219 e. The number of amides is 1. The van der Waals surface area contributed by atoms with Crippen LogP contribution < -0.4 is 0 Å². The van der Waals surface area contributed by atoms with Gasteiger partial charge in [0.1, 0.15) is 5.82 Å². The molecule has 0 aromatic heterocycles. The average Bonchev–Trinajstić information content (AvgIpc) is 2.99. The number of halogens is 2. The molecule has 3 nitrogen and oxygen atoms in total. The molecule has 0 bridgehead atoms. The number of piperidine rings is 1. The Hall–Kier alpha value is -0.940. The Morgan fingerprint density at radius 3 is 2.57 bits per heavy atom. The highest BCUT2D eigenvalue weighted by molar-refractivity contribution is 9.10. The maximum Gasteiger partial charge on any atom is 0.219 e. The molecule has 1 aromatic rings. The third-order valence-corrected chi connectivity index (χ3v) is 5.96. The van der Waals surface area contributed by atoms with Gasteiger partial charge in [0.15, 0.2) is 0 Å². The molecule has 126 valence electrons. The summed E-state index contributed by atoms with van der Waals surface area (Å²) < 4.78 is 13.9. The van der Waals surface area contributed by atoms with E-state index in [1.165, 1.54) is 12.5 Å². The lowest BCUT2D eigenvalue weighted by atomic mass is 9.84. The number of carbonyl (C=O) groups is 1. The van der Waals surface area contributed by atoms with Crippen LogP contribution in [0, 0.1) is 17.7 Å². The molecule has 1 atom stereocenters. The van der Waals surface area contributed by atoms with Crippen molar-refractivity contribution in [2.45, 2.75) is 32.7 Å². The molecule has 0 saturated carbocycles. The van der Waals surface area contributed by atoms with Crippen LogP contribution >= 0.6 is 15.9 Å². The lowest BCUT2D eigenvalue weighted by Gasteiger charge is -2.34. The third-order valence-electron chi connectivity index (χ3n) is 5.35. The van der Waals surface area contributed by atoms with Gasteiger partial charge < -0.3 is 4.90 Å². The van der Waals surface area contributed by atoms with Crippen LogP contribution in [0.3, 0.4) is 0 Å². The molecule has 2 aliphatic heterocycles. The minimum Gasteiger partial charge on any atom is -0.343 e. The highest BCUT2D eigenvalue weighted by atomic mass is 79.9. The second kappa shape index (κ2) is 7.31. The zero-order valence-electron chi connectivity index (χ0n) is 13.6. The molecule has 2 heterocycles. The molecule has 2 aliphatic rings. The molecule has 2 fully saturated rings. The lowest BCUT2D eigenvalue weighted by Crippen LogP contribution is -2.39. The second-order valence-electron chi connectivity index (χ2n) is 6.88. The third kappa shape index (κ3) is 4.13. The fourth-order valence-corrected chi connectivity index (χ4v) is 4.40. The quantitative estimate of drug-likeness (QED) is 0.795. The molecule has 0 radical (unpaired) electrons. The van der Waals surface area contributed by atoms with Crippen LogP contribution in [0.1, 0.15) is 31.7 Å². The van der Waals surface area contributed by atoms with Gasteiger partial charge in [-0.2, -0.15) is 0 Å². The zero-order valence-corrected chi connectivity index (χ0v) is 15.2. The summed E-state index contributed by atoms with van der Waals surface area (Å²) in [6, 6.07) is 5.29. The van der Waals surface area contributed by atoms with Crippen LogP contribution in [0.2, 0.25) is 0 Å². The van der Waals surface area contributed by atoms with Gasteiger partial charge in [-0.3, -0.25) is 9.69 Å². The van der Waals surface area contributed by atoms with E-state index in [0.29, 0.717) is 4.47 Å². The number of nitrogens with zero attached hydrogens (tertiary/aromatic N) is 2. The summed E-state index contributed by atoms with van der Waals surface area (Å²) in [5, 5.41) is 0. The minimum absolute atomic E-state index is 0.203. The van der Waals surface area contributed by atoms with Gasteiger partial charge in [0, 0.05) is 33.1 Å². The number of carbonyl (C=O) groups excluding carboxylic acids is 1. The Balaban J connectivity index is 1.51. The topological polar surface area (TPSA) is 23.6 Å². The molecule has 23 heavy (non-hydrogen) atoms. The van der Waals surface area contributed by atoms with Gasteiger partial charge in [0.05, 0.1) is 4.47 Å². The molecule has 0 spiro atoms. The molecule has 0 aliphatic carbocycles. The molecule has 0 N–H and O–H groups in total. The second-order valence-corrected chi connectivity index (χ2v) is 7.73. The van der Waals surface area contributed by atoms with Crippen LogP contribution in [0.4, 0.5) is 4.39 Å². The van der Waals surface area contributed by atoms with Gasteiger partial charge in [-0.25, -0.2) is 4.39 Å². The largest absolute Gasteiger partial charge is 0.343 e. The van der Waals surface area contributed by atoms with Crippen LogP contribution in [0.25, 0.3) is 0 Å². The minimum atomic E-state index is -0.203. The first kappa shape index (κ1) is 16.9. The summed E-state index contributed by atoms with van der Waals surface area (Å²) in [6.07, 6.45) is 3.52. The molecule has 1 unspecified atom stereocenters. The van der Waals surface area contributed by atoms with Crippen molar-refractivity contribution in [1.82, 2.24) is 9.80 Å². The summed E-state index contributed by atoms with van der Waals surface area (Å²) in [5.41, 5.74) is 1.16. The predicted octanol–water partition coefficient (Wildman–Crippen LogP) is 3.67. The van der Waals surface area contributed by atoms with E-state index in [4.69, 9.17) is 0 Å². The lowest BCUT2D eigenvalue weighted by molar-refractivity contribution is -0.130. The fraction of sp³-hybridized carbons (Fsp3) is 0.611. The van der Waals surface area contributed by atoms with Crippen molar-refractivity contribution in [2.75, 3.05) is 26.2 Å². The molecule has 2 saturated heterocycles. The molecule has 1 amide bonds. The van der Waals surface area contributed by atoms with Gasteiger partial charge in [-0.15, -0.1) is 0 Å². The van der Waals surface area contributed by atoms with Crippen LogP contribution in [-0.4, -0.2) is 41.9 Å². The Morgan fingerprint density at radius 1 is 1.22 bits per heavy atom. The Labute approximate surface area is 146 Å². The van der Waals surface area contributed by atoms with Crippen molar-refractivity contribution in [3.05, 3.63) is 34.1 Å². The van der Waals surface area contributed by atoms with Gasteiger partial charge in [0.2, 0.25) is 5.91 Å². The van der Waals surface area contributed by atoms with Crippen molar-refractivity contribution >= 4 is 21.8 Å². The Kier molecular flexibility index (Phi) is 5.37. The van der Waals surface area contributed by atoms with Crippen LogP contribution in [0.5, 0.6) is 0 Å². The van der Waals surface area contributed by atoms with E-state index in [1.807, 2.05) is 17.0 Å². The van der Waals surface area contributed by atoms with Crippen molar-refractivity contribution < 1.29 is 9.18 Å². The monoisotopic (exact) mass is 382 g/mol. The first-order valence-electron chi connectivity index (χ1n) is 8.44. The number of likely N-dealkylation sites (tertiary alicyclic amines) is 2. The Bertz CT molecular complexity index is 572. The van der Waals surface area contributed by atoms with Crippen LogP contribution in [-0.2, 0) is 11.3 Å².